The van der Waals surface area contributed by atoms with Gasteiger partial charge in [0.15, 0.2) is 5.60 Å². The fourth-order valence-electron chi connectivity index (χ4n) is 5.66. The van der Waals surface area contributed by atoms with Gasteiger partial charge in [-0.15, -0.1) is 0 Å². The highest BCUT2D eigenvalue weighted by Gasteiger charge is 2.54. The van der Waals surface area contributed by atoms with Crippen molar-refractivity contribution in [3.8, 4) is 23.0 Å². The van der Waals surface area contributed by atoms with Crippen molar-refractivity contribution in [1.82, 2.24) is 9.80 Å². The average molecular weight is 687 g/mol. The first-order valence-electron chi connectivity index (χ1n) is 13.9. The third-order valence-corrected chi connectivity index (χ3v) is 7.96. The monoisotopic (exact) mass is 686 g/mol. The number of aliphatic hydroxyl groups is 4. The molecule has 3 aromatic carbocycles. The normalized spacial score (nSPS) is 18.4. The second-order valence-electron chi connectivity index (χ2n) is 10.9. The van der Waals surface area contributed by atoms with Crippen molar-refractivity contribution in [3.63, 3.8) is 0 Å². The first-order chi connectivity index (χ1) is 23.0. The van der Waals surface area contributed by atoms with E-state index in [1.807, 2.05) is 0 Å². The van der Waals surface area contributed by atoms with Gasteiger partial charge in [-0.05, 0) is 18.2 Å². The Morgan fingerprint density at radius 3 is 1.41 bits per heavy atom. The maximum absolute atomic E-state index is 13.3. The first kappa shape index (κ1) is 34.5. The number of aliphatic hydroxyl groups excluding tert-OH is 4. The number of fused-ring (bicyclic) bond motifs is 6. The number of esters is 1. The molecule has 49 heavy (non-hydrogen) atoms. The highest BCUT2D eigenvalue weighted by atomic mass is 16.6. The molecule has 10 N–H and O–H groups in total. The SMILES string of the molecule is O=C1OC2(c3cc(CN(C(O)C(=O)O)C(O)C(=O)O)c(O)cc3Oc3cc(O)c(CN(C(O)C(=O)O)C(O)C(=O)O)cc32)c2ccccc21. The zero-order valence-corrected chi connectivity index (χ0v) is 24.6. The standard InChI is InChI=1S/C30H26N2O17/c33-17-7-19-15(5-11(17)9-31(21(35)25(39)40)22(36)26(41)42)30(14-4-2-1-3-13(14)29(47)49-30)16-6-12(18(34)8-20(16)48-19)10-32(23(37)27(43)44)24(38)28(45)46/h1-8,21-24,33-38H,9-10H2,(H,39,40)(H,41,42)(H,43,44)(H,45,46). The number of phenols is 2. The summed E-state index contributed by atoms with van der Waals surface area (Å²) >= 11 is 0. The minimum atomic E-state index is -2.58. The lowest BCUT2D eigenvalue weighted by molar-refractivity contribution is -0.184. The van der Waals surface area contributed by atoms with Crippen LogP contribution in [0.2, 0.25) is 0 Å². The lowest BCUT2D eigenvalue weighted by Crippen LogP contribution is -2.50. The molecule has 2 aliphatic heterocycles. The quantitative estimate of drug-likeness (QED) is 0.0797. The second kappa shape index (κ2) is 12.6. The fourth-order valence-corrected chi connectivity index (χ4v) is 5.66. The van der Waals surface area contributed by atoms with Crippen molar-refractivity contribution in [2.75, 3.05) is 0 Å². The van der Waals surface area contributed by atoms with Crippen molar-refractivity contribution >= 4 is 29.8 Å². The molecule has 0 aliphatic carbocycles. The van der Waals surface area contributed by atoms with Gasteiger partial charge in [0.1, 0.15) is 23.0 Å². The number of aliphatic carboxylic acids is 4. The third-order valence-electron chi connectivity index (χ3n) is 7.96. The Hall–Kier alpha value is -5.83. The van der Waals surface area contributed by atoms with Crippen molar-refractivity contribution in [1.29, 1.82) is 0 Å². The van der Waals surface area contributed by atoms with Crippen LogP contribution in [0.4, 0.5) is 0 Å². The number of rotatable bonds is 12. The number of carbonyl (C=O) groups is 5. The topological polar surface area (TPSA) is 313 Å². The van der Waals surface area contributed by atoms with Gasteiger partial charge < -0.3 is 60.5 Å². The van der Waals surface area contributed by atoms with Gasteiger partial charge in [-0.25, -0.2) is 33.8 Å². The van der Waals surface area contributed by atoms with Crippen molar-refractivity contribution in [2.45, 2.75) is 43.6 Å². The zero-order valence-electron chi connectivity index (χ0n) is 24.6. The maximum atomic E-state index is 13.3. The molecular weight excluding hydrogens is 660 g/mol. The molecule has 0 saturated heterocycles. The molecule has 19 heteroatoms. The van der Waals surface area contributed by atoms with Crippen molar-refractivity contribution in [2.24, 2.45) is 0 Å². The molecule has 4 atom stereocenters. The van der Waals surface area contributed by atoms with Gasteiger partial charge in [0.05, 0.1) is 5.56 Å². The van der Waals surface area contributed by atoms with E-state index < -0.39 is 84.9 Å². The molecule has 0 aromatic heterocycles. The fraction of sp³-hybridized carbons (Fsp3) is 0.233. The molecule has 1 spiro atoms. The molecule has 3 aromatic rings. The summed E-state index contributed by atoms with van der Waals surface area (Å²) in [5, 5.41) is 99.7. The Morgan fingerprint density at radius 1 is 0.633 bits per heavy atom. The molecule has 2 aliphatic rings. The van der Waals surface area contributed by atoms with Crippen molar-refractivity contribution < 1.29 is 84.5 Å². The summed E-state index contributed by atoms with van der Waals surface area (Å²) in [5.74, 6) is -10.3. The Balaban J connectivity index is 1.73. The van der Waals surface area contributed by atoms with Gasteiger partial charge >= 0.3 is 29.8 Å². The van der Waals surface area contributed by atoms with E-state index in [2.05, 4.69) is 0 Å². The van der Waals surface area contributed by atoms with Gasteiger partial charge in [-0.1, -0.05) is 18.2 Å². The van der Waals surface area contributed by atoms with Crippen LogP contribution in [0.5, 0.6) is 23.0 Å². The summed E-state index contributed by atoms with van der Waals surface area (Å²) in [4.78, 5) is 59.9. The van der Waals surface area contributed by atoms with Gasteiger partial charge in [0.25, 0.3) is 0 Å². The van der Waals surface area contributed by atoms with Crippen LogP contribution in [0.25, 0.3) is 0 Å². The van der Waals surface area contributed by atoms with E-state index in [1.165, 1.54) is 24.3 Å². The number of phenolic OH excluding ortho intramolecular Hbond substituents is 2. The van der Waals surface area contributed by atoms with Crippen LogP contribution in [0.1, 0.15) is 38.2 Å². The minimum Gasteiger partial charge on any atom is -0.507 e. The zero-order chi connectivity index (χ0) is 36.1. The number of hydrogen-bond acceptors (Lipinski definition) is 15. The van der Waals surface area contributed by atoms with E-state index in [9.17, 15) is 75.0 Å². The van der Waals surface area contributed by atoms with Crippen LogP contribution >= 0.6 is 0 Å². The van der Waals surface area contributed by atoms with Crippen LogP contribution in [0, 0.1) is 0 Å². The average Bonchev–Trinajstić information content (AvgIpc) is 3.34. The summed E-state index contributed by atoms with van der Waals surface area (Å²) < 4.78 is 11.9. The highest BCUT2D eigenvalue weighted by Crippen LogP contribution is 2.58. The van der Waals surface area contributed by atoms with Crippen LogP contribution < -0.4 is 4.74 Å². The second-order valence-corrected chi connectivity index (χ2v) is 10.9. The summed E-state index contributed by atoms with van der Waals surface area (Å²) in [6.45, 7) is -1.82. The number of nitrogens with zero attached hydrogens (tertiary/aromatic N) is 2. The Labute approximate surface area is 272 Å². The Bertz CT molecular complexity index is 1750. The number of benzene rings is 3. The smallest absolute Gasteiger partial charge is 0.348 e. The molecule has 4 unspecified atom stereocenters. The Kier molecular flexibility index (Phi) is 8.91. The molecular formula is C30H26N2O17. The molecule has 5 rings (SSSR count). The lowest BCUT2D eigenvalue weighted by atomic mass is 9.76. The van der Waals surface area contributed by atoms with E-state index in [0.29, 0.717) is 0 Å². The third kappa shape index (κ3) is 5.82. The first-order valence-corrected chi connectivity index (χ1v) is 13.9. The molecule has 0 bridgehead atoms. The lowest BCUT2D eigenvalue weighted by Gasteiger charge is -2.38. The molecule has 2 heterocycles. The number of hydrogen-bond donors (Lipinski definition) is 10. The highest BCUT2D eigenvalue weighted by molar-refractivity contribution is 5.97. The summed E-state index contributed by atoms with van der Waals surface area (Å²) in [6, 6.07) is 10.2. The van der Waals surface area contributed by atoms with Crippen LogP contribution in [-0.4, -0.2) is 116 Å². The van der Waals surface area contributed by atoms with Crippen molar-refractivity contribution in [3.05, 3.63) is 81.9 Å². The molecule has 0 radical (unpaired) electrons. The molecule has 0 fully saturated rings. The molecule has 258 valence electrons. The van der Waals surface area contributed by atoms with E-state index in [-0.39, 0.29) is 54.7 Å². The number of carbonyl (C=O) groups excluding carboxylic acids is 1. The van der Waals surface area contributed by atoms with E-state index in [0.717, 1.165) is 24.3 Å². The summed E-state index contributed by atoms with van der Waals surface area (Å²) in [6.07, 6.45) is -10.3. The maximum Gasteiger partial charge on any atom is 0.348 e. The van der Waals surface area contributed by atoms with Gasteiger partial charge in [0.2, 0.25) is 24.9 Å². The van der Waals surface area contributed by atoms with E-state index in [4.69, 9.17) is 9.47 Å². The minimum absolute atomic E-state index is 0.0269. The number of ether oxygens (including phenoxy) is 2. The predicted octanol–water partition coefficient (Wildman–Crippen LogP) is -1.12. The van der Waals surface area contributed by atoms with Gasteiger partial charge in [0, 0.05) is 53.0 Å². The number of carboxylic acid groups (broad SMARTS) is 4. The van der Waals surface area contributed by atoms with Gasteiger partial charge in [-0.2, -0.15) is 0 Å². The van der Waals surface area contributed by atoms with E-state index >= 15 is 0 Å². The largest absolute Gasteiger partial charge is 0.507 e. The Morgan fingerprint density at radius 2 is 1.02 bits per heavy atom. The summed E-state index contributed by atoms with van der Waals surface area (Å²) in [7, 11) is 0. The number of carboxylic acids is 4. The van der Waals surface area contributed by atoms with Crippen LogP contribution in [0.3, 0.4) is 0 Å². The predicted molar refractivity (Wildman–Crippen MR) is 154 cm³/mol. The molecule has 19 nitrogen and oxygen atoms in total. The van der Waals surface area contributed by atoms with E-state index in [1.54, 1.807) is 0 Å². The summed E-state index contributed by atoms with van der Waals surface area (Å²) in [5.41, 5.74) is -2.61. The molecule has 0 saturated carbocycles. The van der Waals surface area contributed by atoms with Crippen LogP contribution in [0.15, 0.2) is 48.5 Å². The molecule has 0 amide bonds. The number of aromatic hydroxyl groups is 2. The van der Waals surface area contributed by atoms with Gasteiger partial charge in [-0.3, -0.25) is 0 Å². The van der Waals surface area contributed by atoms with Crippen LogP contribution in [-0.2, 0) is 42.6 Å².